The van der Waals surface area contributed by atoms with Gasteiger partial charge in [0.15, 0.2) is 11.1 Å². The third-order valence-electron chi connectivity index (χ3n) is 4.79. The Kier molecular flexibility index (Phi) is 5.26. The first-order valence-electron chi connectivity index (χ1n) is 8.93. The zero-order chi connectivity index (χ0) is 17.9. The minimum absolute atomic E-state index is 0.641. The molecule has 1 aromatic carbocycles. The van der Waals surface area contributed by atoms with E-state index in [1.807, 2.05) is 23.9 Å². The lowest BCUT2D eigenvalue weighted by atomic mass is 10.2. The molecule has 0 bridgehead atoms. The van der Waals surface area contributed by atoms with Crippen LogP contribution in [-0.2, 0) is 13.0 Å². The summed E-state index contributed by atoms with van der Waals surface area (Å²) in [6, 6.07) is 8.00. The average Bonchev–Trinajstić information content (AvgIpc) is 3.24. The molecule has 1 saturated heterocycles. The van der Waals surface area contributed by atoms with Gasteiger partial charge in [0.25, 0.3) is 0 Å². The number of rotatable bonds is 4. The third kappa shape index (κ3) is 3.94. The van der Waals surface area contributed by atoms with Crippen LogP contribution < -0.4 is 10.6 Å². The van der Waals surface area contributed by atoms with E-state index in [0.717, 1.165) is 60.8 Å². The van der Waals surface area contributed by atoms with Gasteiger partial charge in [0.05, 0.1) is 5.69 Å². The second-order valence-corrected chi connectivity index (χ2v) is 8.00. The molecule has 2 N–H and O–H groups in total. The quantitative estimate of drug-likeness (QED) is 0.641. The number of benzene rings is 1. The van der Waals surface area contributed by atoms with Crippen LogP contribution in [0, 0.1) is 0 Å². The van der Waals surface area contributed by atoms with Gasteiger partial charge in [0.1, 0.15) is 0 Å². The number of guanidine groups is 1. The van der Waals surface area contributed by atoms with Crippen LogP contribution in [0.15, 0.2) is 40.6 Å². The highest BCUT2D eigenvalue weighted by Gasteiger charge is 2.18. The summed E-state index contributed by atoms with van der Waals surface area (Å²) in [7, 11) is 0. The Hall–Kier alpha value is -1.86. The van der Waals surface area contributed by atoms with Gasteiger partial charge >= 0.3 is 0 Å². The number of nitrogens with two attached hydrogens (primary N) is 1. The Bertz CT molecular complexity index is 758. The van der Waals surface area contributed by atoms with Crippen molar-refractivity contribution in [3.63, 3.8) is 0 Å². The fourth-order valence-electron chi connectivity index (χ4n) is 3.31. The fourth-order valence-corrected chi connectivity index (χ4v) is 4.40. The lowest BCUT2D eigenvalue weighted by Gasteiger charge is -2.36. The van der Waals surface area contributed by atoms with Crippen molar-refractivity contribution < 1.29 is 0 Å². The Morgan fingerprint density at radius 2 is 1.92 bits per heavy atom. The van der Waals surface area contributed by atoms with Crippen molar-refractivity contribution in [1.29, 1.82) is 0 Å². The Labute approximate surface area is 163 Å². The number of anilines is 1. The monoisotopic (exact) mass is 390 g/mol. The number of fused-ring (bicyclic) bond motifs is 1. The maximum Gasteiger partial charge on any atom is 0.191 e. The van der Waals surface area contributed by atoms with Crippen molar-refractivity contribution in [2.24, 2.45) is 10.7 Å². The van der Waals surface area contributed by atoms with Gasteiger partial charge in [0.2, 0.25) is 0 Å². The van der Waals surface area contributed by atoms with Gasteiger partial charge in [-0.25, -0.2) is 4.98 Å². The normalized spacial score (nSPS) is 17.7. The molecule has 2 aliphatic heterocycles. The first kappa shape index (κ1) is 17.5. The van der Waals surface area contributed by atoms with Crippen molar-refractivity contribution in [1.82, 2.24) is 14.5 Å². The average molecular weight is 391 g/mol. The predicted octanol–water partition coefficient (Wildman–Crippen LogP) is 2.32. The summed E-state index contributed by atoms with van der Waals surface area (Å²) in [6.45, 7) is 5.38. The van der Waals surface area contributed by atoms with Crippen LogP contribution in [0.25, 0.3) is 0 Å². The van der Waals surface area contributed by atoms with Gasteiger partial charge in [-0.2, -0.15) is 0 Å². The number of imidazole rings is 1. The fraction of sp³-hybridized carbons (Fsp3) is 0.444. The molecule has 4 rings (SSSR count). The molecule has 0 saturated carbocycles. The number of aryl methyl sites for hydroxylation is 1. The number of aliphatic imine (C=N–C) groups is 1. The molecular formula is C18H23ClN6S. The number of thioether (sulfide) groups is 1. The van der Waals surface area contributed by atoms with Crippen molar-refractivity contribution in [2.45, 2.75) is 18.1 Å². The summed E-state index contributed by atoms with van der Waals surface area (Å²) in [5.74, 6) is 1.78. The van der Waals surface area contributed by atoms with E-state index in [1.54, 1.807) is 0 Å². The summed E-state index contributed by atoms with van der Waals surface area (Å²) in [5.41, 5.74) is 8.51. The molecule has 3 heterocycles. The van der Waals surface area contributed by atoms with Gasteiger partial charge in [-0.15, -0.1) is 0 Å². The van der Waals surface area contributed by atoms with Crippen LogP contribution in [0.1, 0.15) is 5.69 Å². The first-order chi connectivity index (χ1) is 12.7. The van der Waals surface area contributed by atoms with E-state index in [0.29, 0.717) is 12.5 Å². The summed E-state index contributed by atoms with van der Waals surface area (Å²) < 4.78 is 2.23. The smallest absolute Gasteiger partial charge is 0.191 e. The van der Waals surface area contributed by atoms with Gasteiger partial charge in [-0.05, 0) is 24.3 Å². The minimum atomic E-state index is 0.641. The largest absolute Gasteiger partial charge is 0.370 e. The van der Waals surface area contributed by atoms with E-state index in [9.17, 15) is 0 Å². The zero-order valence-electron chi connectivity index (χ0n) is 14.6. The Morgan fingerprint density at radius 1 is 1.15 bits per heavy atom. The Morgan fingerprint density at radius 3 is 2.65 bits per heavy atom. The first-order valence-corrected chi connectivity index (χ1v) is 10.3. The maximum absolute atomic E-state index is 6.20. The lowest BCUT2D eigenvalue weighted by Crippen LogP contribution is -2.51. The molecule has 1 aromatic heterocycles. The minimum Gasteiger partial charge on any atom is -0.370 e. The molecule has 26 heavy (non-hydrogen) atoms. The number of halogens is 1. The van der Waals surface area contributed by atoms with Crippen LogP contribution >= 0.6 is 23.4 Å². The molecule has 8 heteroatoms. The maximum atomic E-state index is 6.20. The molecule has 2 aromatic rings. The molecule has 0 unspecified atom stereocenters. The molecule has 1 fully saturated rings. The number of piperazine rings is 1. The van der Waals surface area contributed by atoms with Crippen LogP contribution in [0.4, 0.5) is 5.69 Å². The van der Waals surface area contributed by atoms with Gasteiger partial charge in [-0.1, -0.05) is 23.4 Å². The molecule has 138 valence electrons. The van der Waals surface area contributed by atoms with Crippen molar-refractivity contribution in [3.05, 3.63) is 41.2 Å². The molecule has 0 atom stereocenters. The van der Waals surface area contributed by atoms with Crippen LogP contribution in [-0.4, -0.2) is 58.9 Å². The summed E-state index contributed by atoms with van der Waals surface area (Å²) in [6.07, 6.45) is 2.98. The number of hydrogen-bond donors (Lipinski definition) is 1. The zero-order valence-corrected chi connectivity index (χ0v) is 16.2. The summed E-state index contributed by atoms with van der Waals surface area (Å²) in [5, 5.41) is 1.90. The predicted molar refractivity (Wildman–Crippen MR) is 108 cm³/mol. The van der Waals surface area contributed by atoms with Crippen molar-refractivity contribution in [2.75, 3.05) is 43.4 Å². The van der Waals surface area contributed by atoms with Crippen molar-refractivity contribution >= 4 is 35.0 Å². The topological polar surface area (TPSA) is 62.7 Å². The SMILES string of the molecule is NC(=NCCc1cn2c(n1)SCC2)N1CCN(c2ccc(Cl)cc2)CC1. The number of nitrogens with zero attached hydrogens (tertiary/aromatic N) is 5. The second kappa shape index (κ2) is 7.80. The van der Waals surface area contributed by atoms with Crippen LogP contribution in [0.2, 0.25) is 5.02 Å². The molecule has 0 spiro atoms. The molecule has 6 nitrogen and oxygen atoms in total. The molecule has 2 aliphatic rings. The van der Waals surface area contributed by atoms with Gasteiger partial charge in [-0.3, -0.25) is 4.99 Å². The second-order valence-electron chi connectivity index (χ2n) is 6.50. The van der Waals surface area contributed by atoms with E-state index >= 15 is 0 Å². The molecule has 0 radical (unpaired) electrons. The summed E-state index contributed by atoms with van der Waals surface area (Å²) in [4.78, 5) is 13.7. The van der Waals surface area contributed by atoms with Crippen molar-refractivity contribution in [3.8, 4) is 0 Å². The third-order valence-corrected chi connectivity index (χ3v) is 6.01. The molecular weight excluding hydrogens is 368 g/mol. The van der Waals surface area contributed by atoms with E-state index in [1.165, 1.54) is 5.69 Å². The van der Waals surface area contributed by atoms with E-state index in [-0.39, 0.29) is 0 Å². The highest BCUT2D eigenvalue weighted by atomic mass is 35.5. The van der Waals surface area contributed by atoms with E-state index in [2.05, 4.69) is 42.7 Å². The van der Waals surface area contributed by atoms with E-state index in [4.69, 9.17) is 17.3 Å². The number of hydrogen-bond acceptors (Lipinski definition) is 4. The standard InChI is InChI=1S/C18H23ClN6S/c19-14-1-3-16(4-2-14)23-7-9-24(10-8-23)17(20)21-6-5-15-13-25-11-12-26-18(25)22-15/h1-4,13H,5-12H2,(H2,20,21). The van der Waals surface area contributed by atoms with E-state index < -0.39 is 0 Å². The highest BCUT2D eigenvalue weighted by molar-refractivity contribution is 7.99. The molecule has 0 amide bonds. The number of aromatic nitrogens is 2. The van der Waals surface area contributed by atoms with Gasteiger partial charge < -0.3 is 20.1 Å². The Balaban J connectivity index is 1.26. The lowest BCUT2D eigenvalue weighted by molar-refractivity contribution is 0.381. The van der Waals surface area contributed by atoms with Crippen LogP contribution in [0.5, 0.6) is 0 Å². The molecule has 0 aliphatic carbocycles. The highest BCUT2D eigenvalue weighted by Crippen LogP contribution is 2.24. The van der Waals surface area contributed by atoms with Crippen LogP contribution in [0.3, 0.4) is 0 Å². The summed E-state index contributed by atoms with van der Waals surface area (Å²) >= 11 is 7.78. The van der Waals surface area contributed by atoms with Gasteiger partial charge in [0, 0.05) is 68.3 Å².